The van der Waals surface area contributed by atoms with E-state index in [9.17, 15) is 13.6 Å². The predicted molar refractivity (Wildman–Crippen MR) is 83.2 cm³/mol. The van der Waals surface area contributed by atoms with Crippen molar-refractivity contribution in [2.75, 3.05) is 5.32 Å². The molecule has 0 fully saturated rings. The molecule has 20 heavy (non-hydrogen) atoms. The molecule has 2 aromatic carbocycles. The minimum absolute atomic E-state index is 0.0862. The number of hydrogen-bond acceptors (Lipinski definition) is 1. The maximum absolute atomic E-state index is 13.3. The summed E-state index contributed by atoms with van der Waals surface area (Å²) in [5, 5.41) is 2.41. The molecule has 2 rings (SSSR count). The van der Waals surface area contributed by atoms with Gasteiger partial charge in [0, 0.05) is 11.8 Å². The second kappa shape index (κ2) is 6.60. The molecule has 2 nitrogen and oxygen atoms in total. The van der Waals surface area contributed by atoms with Gasteiger partial charge < -0.3 is 5.32 Å². The molecule has 0 spiro atoms. The number of hydrogen-bond donors (Lipinski definition) is 1. The third-order valence-electron chi connectivity index (χ3n) is 2.48. The zero-order valence-corrected chi connectivity index (χ0v) is 12.4. The van der Waals surface area contributed by atoms with Gasteiger partial charge in [0.2, 0.25) is 5.91 Å². The van der Waals surface area contributed by atoms with Gasteiger partial charge in [0.1, 0.15) is 11.6 Å². The van der Waals surface area contributed by atoms with Gasteiger partial charge in [-0.2, -0.15) is 0 Å². The van der Waals surface area contributed by atoms with Crippen LogP contribution in [0.1, 0.15) is 5.56 Å². The van der Waals surface area contributed by atoms with Crippen LogP contribution < -0.4 is 5.32 Å². The van der Waals surface area contributed by atoms with Gasteiger partial charge >= 0.3 is 0 Å². The van der Waals surface area contributed by atoms with Crippen molar-refractivity contribution in [3.8, 4) is 0 Å². The standard InChI is InChI=1S/C15H10F2INO/c16-12-8-11(9-13(17)15(12)18)19-14(20)7-6-10-4-2-1-3-5-10/h1-9H,(H,19,20)/b7-6+. The van der Waals surface area contributed by atoms with Crippen LogP contribution >= 0.6 is 22.6 Å². The van der Waals surface area contributed by atoms with Crippen molar-refractivity contribution in [2.24, 2.45) is 0 Å². The van der Waals surface area contributed by atoms with Crippen LogP contribution in [0.15, 0.2) is 48.5 Å². The number of anilines is 1. The van der Waals surface area contributed by atoms with E-state index in [4.69, 9.17) is 0 Å². The van der Waals surface area contributed by atoms with Gasteiger partial charge in [0.15, 0.2) is 0 Å². The Balaban J connectivity index is 2.07. The lowest BCUT2D eigenvalue weighted by atomic mass is 10.2. The summed E-state index contributed by atoms with van der Waals surface area (Å²) in [6.45, 7) is 0. The fraction of sp³-hybridized carbons (Fsp3) is 0. The third kappa shape index (κ3) is 3.86. The second-order valence-corrected chi connectivity index (χ2v) is 5.07. The lowest BCUT2D eigenvalue weighted by Gasteiger charge is -2.04. The summed E-state index contributed by atoms with van der Waals surface area (Å²) < 4.78 is 26.6. The highest BCUT2D eigenvalue weighted by atomic mass is 127. The second-order valence-electron chi connectivity index (χ2n) is 3.99. The number of carbonyl (C=O) groups is 1. The van der Waals surface area contributed by atoms with Crippen LogP contribution in [0, 0.1) is 15.2 Å². The molecule has 0 heterocycles. The van der Waals surface area contributed by atoms with Gasteiger partial charge in [0.05, 0.1) is 3.57 Å². The molecular formula is C15H10F2INO. The lowest BCUT2D eigenvalue weighted by molar-refractivity contribution is -0.111. The summed E-state index contributed by atoms with van der Waals surface area (Å²) in [5.41, 5.74) is 0.950. The molecule has 1 N–H and O–H groups in total. The number of halogens is 3. The number of nitrogens with one attached hydrogen (secondary N) is 1. The van der Waals surface area contributed by atoms with Crippen LogP contribution in [0.25, 0.3) is 6.08 Å². The molecule has 0 aliphatic heterocycles. The van der Waals surface area contributed by atoms with E-state index in [1.54, 1.807) is 28.7 Å². The highest BCUT2D eigenvalue weighted by Crippen LogP contribution is 2.20. The molecule has 0 atom stereocenters. The Morgan fingerprint density at radius 2 is 1.70 bits per heavy atom. The zero-order chi connectivity index (χ0) is 14.5. The molecule has 5 heteroatoms. The van der Waals surface area contributed by atoms with Crippen molar-refractivity contribution in [3.63, 3.8) is 0 Å². The molecule has 0 aliphatic carbocycles. The first-order chi connectivity index (χ1) is 9.56. The van der Waals surface area contributed by atoms with Gasteiger partial charge in [-0.15, -0.1) is 0 Å². The monoisotopic (exact) mass is 385 g/mol. The van der Waals surface area contributed by atoms with Crippen molar-refractivity contribution in [3.05, 3.63) is 69.3 Å². The molecule has 102 valence electrons. The summed E-state index contributed by atoms with van der Waals surface area (Å²) in [7, 11) is 0. The molecule has 0 radical (unpaired) electrons. The SMILES string of the molecule is O=C(/C=C/c1ccccc1)Nc1cc(F)c(I)c(F)c1. The van der Waals surface area contributed by atoms with Crippen molar-refractivity contribution < 1.29 is 13.6 Å². The van der Waals surface area contributed by atoms with Crippen molar-refractivity contribution >= 4 is 40.3 Å². The van der Waals surface area contributed by atoms with Gasteiger partial charge in [-0.3, -0.25) is 4.79 Å². The molecule has 0 saturated carbocycles. The predicted octanol–water partition coefficient (Wildman–Crippen LogP) is 4.22. The van der Waals surface area contributed by atoms with Crippen LogP contribution in [0.3, 0.4) is 0 Å². The normalized spacial score (nSPS) is 10.8. The Hall–Kier alpha value is -1.76. The first-order valence-electron chi connectivity index (χ1n) is 5.75. The summed E-state index contributed by atoms with van der Waals surface area (Å²) in [6, 6.07) is 11.4. The topological polar surface area (TPSA) is 29.1 Å². The van der Waals surface area contributed by atoms with Crippen molar-refractivity contribution in [2.45, 2.75) is 0 Å². The van der Waals surface area contributed by atoms with E-state index in [-0.39, 0.29) is 9.26 Å². The van der Waals surface area contributed by atoms with Gasteiger partial charge in [-0.25, -0.2) is 8.78 Å². The fourth-order valence-electron chi connectivity index (χ4n) is 1.55. The summed E-state index contributed by atoms with van der Waals surface area (Å²) >= 11 is 1.57. The minimum Gasteiger partial charge on any atom is -0.322 e. The molecule has 1 amide bonds. The van der Waals surface area contributed by atoms with Crippen molar-refractivity contribution in [1.29, 1.82) is 0 Å². The maximum Gasteiger partial charge on any atom is 0.248 e. The molecule has 2 aromatic rings. The fourth-order valence-corrected chi connectivity index (χ4v) is 1.86. The molecule has 0 bridgehead atoms. The summed E-state index contributed by atoms with van der Waals surface area (Å²) in [6.07, 6.45) is 2.93. The summed E-state index contributed by atoms with van der Waals surface area (Å²) in [5.74, 6) is -1.85. The third-order valence-corrected chi connectivity index (χ3v) is 3.51. The van der Waals surface area contributed by atoms with Gasteiger partial charge in [-0.1, -0.05) is 30.3 Å². The number of benzene rings is 2. The Labute approximate surface area is 128 Å². The van der Waals surface area contributed by atoms with Crippen LogP contribution in [0.2, 0.25) is 0 Å². The average Bonchev–Trinajstić information content (AvgIpc) is 2.43. The number of rotatable bonds is 3. The molecule has 0 aliphatic rings. The van der Waals surface area contributed by atoms with E-state index in [0.717, 1.165) is 17.7 Å². The smallest absolute Gasteiger partial charge is 0.248 e. The van der Waals surface area contributed by atoms with Crippen LogP contribution in [-0.2, 0) is 4.79 Å². The highest BCUT2D eigenvalue weighted by molar-refractivity contribution is 14.1. The number of carbonyl (C=O) groups excluding carboxylic acids is 1. The average molecular weight is 385 g/mol. The largest absolute Gasteiger partial charge is 0.322 e. The Kier molecular flexibility index (Phi) is 4.84. The van der Waals surface area contributed by atoms with Gasteiger partial charge in [-0.05, 0) is 46.4 Å². The van der Waals surface area contributed by atoms with E-state index in [1.165, 1.54) is 6.08 Å². The van der Waals surface area contributed by atoms with E-state index in [2.05, 4.69) is 5.32 Å². The minimum atomic E-state index is -0.701. The Bertz CT molecular complexity index is 633. The van der Waals surface area contributed by atoms with Gasteiger partial charge in [0.25, 0.3) is 0 Å². The van der Waals surface area contributed by atoms with Crippen LogP contribution in [-0.4, -0.2) is 5.91 Å². The molecule has 0 unspecified atom stereocenters. The quantitative estimate of drug-likeness (QED) is 0.479. The van der Waals surface area contributed by atoms with E-state index < -0.39 is 17.5 Å². The lowest BCUT2D eigenvalue weighted by Crippen LogP contribution is -2.08. The first kappa shape index (κ1) is 14.6. The Morgan fingerprint density at radius 1 is 1.10 bits per heavy atom. The highest BCUT2D eigenvalue weighted by Gasteiger charge is 2.09. The Morgan fingerprint density at radius 3 is 2.30 bits per heavy atom. The maximum atomic E-state index is 13.3. The van der Waals surface area contributed by atoms with E-state index >= 15 is 0 Å². The van der Waals surface area contributed by atoms with E-state index in [0.29, 0.717) is 0 Å². The zero-order valence-electron chi connectivity index (χ0n) is 10.2. The molecule has 0 saturated heterocycles. The molecule has 0 aromatic heterocycles. The molecular weight excluding hydrogens is 375 g/mol. The first-order valence-corrected chi connectivity index (χ1v) is 6.83. The van der Waals surface area contributed by atoms with Crippen LogP contribution in [0.5, 0.6) is 0 Å². The van der Waals surface area contributed by atoms with E-state index in [1.807, 2.05) is 30.3 Å². The number of amides is 1. The summed E-state index contributed by atoms with van der Waals surface area (Å²) in [4.78, 5) is 11.6. The van der Waals surface area contributed by atoms with Crippen molar-refractivity contribution in [1.82, 2.24) is 0 Å². The van der Waals surface area contributed by atoms with Crippen LogP contribution in [0.4, 0.5) is 14.5 Å².